The van der Waals surface area contributed by atoms with Crippen LogP contribution in [-0.4, -0.2) is 20.4 Å². The molecule has 5 aromatic rings. The number of pyridine rings is 1. The number of hydrogen-bond acceptors (Lipinski definition) is 5. The first-order chi connectivity index (χ1) is 14.3. The van der Waals surface area contributed by atoms with Gasteiger partial charge in [-0.25, -0.2) is 0 Å². The van der Waals surface area contributed by atoms with Crippen LogP contribution in [0.25, 0.3) is 16.2 Å². The minimum atomic E-state index is -0.161. The van der Waals surface area contributed by atoms with Crippen molar-refractivity contribution in [2.75, 3.05) is 5.32 Å². The molecular formula is C22H16N4O2S. The van der Waals surface area contributed by atoms with Crippen LogP contribution in [0, 0.1) is 0 Å². The lowest BCUT2D eigenvalue weighted by Crippen LogP contribution is -2.12. The lowest BCUT2D eigenvalue weighted by molar-refractivity contribution is 0.102. The lowest BCUT2D eigenvalue weighted by Gasteiger charge is -2.09. The summed E-state index contributed by atoms with van der Waals surface area (Å²) in [5, 5.41) is 9.03. The largest absolute Gasteiger partial charge is 0.339 e. The average molecular weight is 400 g/mol. The Bertz CT molecular complexity index is 1250. The Morgan fingerprint density at radius 1 is 1.10 bits per heavy atom. The smallest absolute Gasteiger partial charge is 0.257 e. The van der Waals surface area contributed by atoms with Crippen molar-refractivity contribution in [2.24, 2.45) is 0 Å². The van der Waals surface area contributed by atoms with Crippen LogP contribution in [0.4, 0.5) is 5.69 Å². The second-order valence-corrected chi connectivity index (χ2v) is 7.49. The summed E-state index contributed by atoms with van der Waals surface area (Å²) in [6.45, 7) is 0. The Hall–Kier alpha value is -3.71. The van der Waals surface area contributed by atoms with Gasteiger partial charge in [0, 0.05) is 23.6 Å². The maximum Gasteiger partial charge on any atom is 0.257 e. The summed E-state index contributed by atoms with van der Waals surface area (Å²) in [6.07, 6.45) is 4.17. The Labute approximate surface area is 170 Å². The molecule has 0 aliphatic carbocycles. The number of hydrogen-bond donors (Lipinski definition) is 1. The maximum atomic E-state index is 12.8. The number of carbonyl (C=O) groups is 1. The van der Waals surface area contributed by atoms with E-state index in [0.717, 1.165) is 21.6 Å². The van der Waals surface area contributed by atoms with Crippen molar-refractivity contribution in [1.82, 2.24) is 14.5 Å². The molecule has 0 fully saturated rings. The summed E-state index contributed by atoms with van der Waals surface area (Å²) in [5.74, 6) is 0.924. The molecular weight excluding hydrogens is 384 g/mol. The SMILES string of the molecule is O=C(Nc1ccccc1Cc1nc(-c2cccs2)no1)c1cc2ccccn2c1. The van der Waals surface area contributed by atoms with Gasteiger partial charge in [-0.2, -0.15) is 4.98 Å². The molecule has 1 aromatic carbocycles. The Balaban J connectivity index is 1.37. The van der Waals surface area contributed by atoms with Gasteiger partial charge in [0.25, 0.3) is 5.91 Å². The van der Waals surface area contributed by atoms with Gasteiger partial charge in [0.1, 0.15) is 0 Å². The van der Waals surface area contributed by atoms with Gasteiger partial charge < -0.3 is 14.2 Å². The van der Waals surface area contributed by atoms with Crippen LogP contribution < -0.4 is 5.32 Å². The van der Waals surface area contributed by atoms with Crippen molar-refractivity contribution < 1.29 is 9.32 Å². The van der Waals surface area contributed by atoms with Crippen molar-refractivity contribution in [2.45, 2.75) is 6.42 Å². The zero-order valence-electron chi connectivity index (χ0n) is 15.3. The van der Waals surface area contributed by atoms with Crippen molar-refractivity contribution >= 4 is 28.4 Å². The highest BCUT2D eigenvalue weighted by molar-refractivity contribution is 7.13. The number of para-hydroxylation sites is 1. The number of nitrogens with one attached hydrogen (secondary N) is 1. The molecule has 7 heteroatoms. The van der Waals surface area contributed by atoms with E-state index in [1.807, 2.05) is 82.8 Å². The van der Waals surface area contributed by atoms with E-state index in [-0.39, 0.29) is 5.91 Å². The second-order valence-electron chi connectivity index (χ2n) is 6.54. The summed E-state index contributed by atoms with van der Waals surface area (Å²) in [6, 6.07) is 19.2. The molecule has 0 aliphatic rings. The summed E-state index contributed by atoms with van der Waals surface area (Å²) in [4.78, 5) is 18.2. The fourth-order valence-corrected chi connectivity index (χ4v) is 3.82. The first-order valence-corrected chi connectivity index (χ1v) is 9.97. The maximum absolute atomic E-state index is 12.8. The Kier molecular flexibility index (Phi) is 4.42. The van der Waals surface area contributed by atoms with Gasteiger partial charge in [0.2, 0.25) is 11.7 Å². The molecule has 0 bridgehead atoms. The summed E-state index contributed by atoms with van der Waals surface area (Å²) in [7, 11) is 0. The summed E-state index contributed by atoms with van der Waals surface area (Å²) < 4.78 is 7.33. The van der Waals surface area contributed by atoms with E-state index < -0.39 is 0 Å². The molecule has 4 aromatic heterocycles. The molecule has 4 heterocycles. The van der Waals surface area contributed by atoms with E-state index in [9.17, 15) is 4.79 Å². The molecule has 1 amide bonds. The van der Waals surface area contributed by atoms with Gasteiger partial charge in [-0.05, 0) is 41.3 Å². The molecule has 1 N–H and O–H groups in total. The van der Waals surface area contributed by atoms with Gasteiger partial charge in [-0.15, -0.1) is 11.3 Å². The van der Waals surface area contributed by atoms with Crippen LogP contribution in [0.15, 0.2) is 83.0 Å². The zero-order chi connectivity index (χ0) is 19.6. The number of amides is 1. The van der Waals surface area contributed by atoms with Crippen LogP contribution >= 0.6 is 11.3 Å². The third-order valence-corrected chi connectivity index (χ3v) is 5.45. The topological polar surface area (TPSA) is 72.4 Å². The van der Waals surface area contributed by atoms with Crippen LogP contribution in [0.3, 0.4) is 0 Å². The molecule has 0 spiro atoms. The first-order valence-electron chi connectivity index (χ1n) is 9.09. The minimum Gasteiger partial charge on any atom is -0.339 e. The van der Waals surface area contributed by atoms with Crippen LogP contribution in [0.1, 0.15) is 21.8 Å². The normalized spacial score (nSPS) is 11.0. The van der Waals surface area contributed by atoms with E-state index in [2.05, 4.69) is 15.5 Å². The predicted octanol–water partition coefficient (Wildman–Crippen LogP) is 4.89. The Morgan fingerprint density at radius 3 is 2.86 bits per heavy atom. The van der Waals surface area contributed by atoms with Crippen LogP contribution in [0.5, 0.6) is 0 Å². The minimum absolute atomic E-state index is 0.161. The second kappa shape index (κ2) is 7.37. The quantitative estimate of drug-likeness (QED) is 0.456. The number of fused-ring (bicyclic) bond motifs is 1. The molecule has 0 aliphatic heterocycles. The van der Waals surface area contributed by atoms with Gasteiger partial charge in [-0.1, -0.05) is 35.5 Å². The number of rotatable bonds is 5. The predicted molar refractivity (Wildman–Crippen MR) is 112 cm³/mol. The third-order valence-electron chi connectivity index (χ3n) is 4.58. The summed E-state index contributed by atoms with van der Waals surface area (Å²) >= 11 is 1.56. The molecule has 0 radical (unpaired) electrons. The number of thiophene rings is 1. The molecule has 5 rings (SSSR count). The first kappa shape index (κ1) is 17.4. The molecule has 0 saturated heterocycles. The van der Waals surface area contributed by atoms with E-state index in [1.54, 1.807) is 11.3 Å². The monoisotopic (exact) mass is 400 g/mol. The highest BCUT2D eigenvalue weighted by Crippen LogP contribution is 2.24. The molecule has 6 nitrogen and oxygen atoms in total. The number of nitrogens with zero attached hydrogens (tertiary/aromatic N) is 3. The molecule has 29 heavy (non-hydrogen) atoms. The van der Waals surface area contributed by atoms with Crippen molar-refractivity contribution in [3.05, 3.63) is 95.5 Å². The zero-order valence-corrected chi connectivity index (χ0v) is 16.1. The fraction of sp³-hybridized carbons (Fsp3) is 0.0455. The van der Waals surface area contributed by atoms with Gasteiger partial charge >= 0.3 is 0 Å². The van der Waals surface area contributed by atoms with E-state index >= 15 is 0 Å². The standard InChI is InChI=1S/C22H16N4O2S/c27-22(16-12-17-7-3-4-10-26(17)14-16)23-18-8-2-1-6-15(18)13-20-24-21(25-28-20)19-9-5-11-29-19/h1-12,14H,13H2,(H,23,27). The fourth-order valence-electron chi connectivity index (χ4n) is 3.17. The molecule has 0 saturated carbocycles. The van der Waals surface area contributed by atoms with Crippen molar-refractivity contribution in [1.29, 1.82) is 0 Å². The average Bonchev–Trinajstić information content (AvgIpc) is 3.49. The van der Waals surface area contributed by atoms with Crippen molar-refractivity contribution in [3.8, 4) is 10.7 Å². The number of aromatic nitrogens is 3. The van der Waals surface area contributed by atoms with E-state index in [0.29, 0.717) is 23.7 Å². The Morgan fingerprint density at radius 2 is 2.00 bits per heavy atom. The van der Waals surface area contributed by atoms with Crippen molar-refractivity contribution in [3.63, 3.8) is 0 Å². The van der Waals surface area contributed by atoms with E-state index in [1.165, 1.54) is 0 Å². The number of anilines is 1. The highest BCUT2D eigenvalue weighted by Gasteiger charge is 2.14. The molecule has 0 atom stereocenters. The molecule has 0 unspecified atom stereocenters. The lowest BCUT2D eigenvalue weighted by atomic mass is 10.1. The molecule has 142 valence electrons. The van der Waals surface area contributed by atoms with Crippen LogP contribution in [-0.2, 0) is 6.42 Å². The van der Waals surface area contributed by atoms with Gasteiger partial charge in [0.15, 0.2) is 0 Å². The van der Waals surface area contributed by atoms with Gasteiger partial charge in [-0.3, -0.25) is 4.79 Å². The van der Waals surface area contributed by atoms with E-state index in [4.69, 9.17) is 4.52 Å². The third kappa shape index (κ3) is 3.55. The highest BCUT2D eigenvalue weighted by atomic mass is 32.1. The summed E-state index contributed by atoms with van der Waals surface area (Å²) in [5.41, 5.74) is 3.20. The number of carbonyl (C=O) groups excluding carboxylic acids is 1. The van der Waals surface area contributed by atoms with Gasteiger partial charge in [0.05, 0.1) is 16.9 Å². The number of benzene rings is 1. The van der Waals surface area contributed by atoms with Crippen LogP contribution in [0.2, 0.25) is 0 Å².